The van der Waals surface area contributed by atoms with Crippen LogP contribution in [0.15, 0.2) is 23.1 Å². The van der Waals surface area contributed by atoms with Crippen molar-refractivity contribution in [3.8, 4) is 6.07 Å². The van der Waals surface area contributed by atoms with Crippen molar-refractivity contribution in [3.05, 3.63) is 23.8 Å². The summed E-state index contributed by atoms with van der Waals surface area (Å²) in [5.74, 6) is 0.430. The molecule has 0 aromatic heterocycles. The molecule has 1 aliphatic rings. The Balaban J connectivity index is 2.23. The molecule has 0 spiro atoms. The van der Waals surface area contributed by atoms with Crippen molar-refractivity contribution in [1.82, 2.24) is 4.72 Å². The number of nitrogens with one attached hydrogen (secondary N) is 1. The van der Waals surface area contributed by atoms with Crippen molar-refractivity contribution in [2.75, 3.05) is 5.73 Å². The summed E-state index contributed by atoms with van der Waals surface area (Å²) < 4.78 is 26.8. The van der Waals surface area contributed by atoms with E-state index in [1.54, 1.807) is 0 Å². The van der Waals surface area contributed by atoms with Gasteiger partial charge in [0.1, 0.15) is 4.90 Å². The highest BCUT2D eigenvalue weighted by molar-refractivity contribution is 7.89. The van der Waals surface area contributed by atoms with Gasteiger partial charge in [0.2, 0.25) is 10.0 Å². The molecule has 6 heteroatoms. The van der Waals surface area contributed by atoms with Gasteiger partial charge < -0.3 is 5.73 Å². The molecule has 1 aromatic rings. The largest absolute Gasteiger partial charge is 0.398 e. The topological polar surface area (TPSA) is 96.0 Å². The number of anilines is 1. The average molecular weight is 265 g/mol. The minimum Gasteiger partial charge on any atom is -0.398 e. The van der Waals surface area contributed by atoms with E-state index in [9.17, 15) is 8.42 Å². The van der Waals surface area contributed by atoms with Gasteiger partial charge >= 0.3 is 0 Å². The normalized spacial score (nSPS) is 22.4. The number of rotatable bonds is 4. The second-order valence-corrected chi connectivity index (χ2v) is 6.18. The van der Waals surface area contributed by atoms with E-state index in [0.717, 1.165) is 12.8 Å². The van der Waals surface area contributed by atoms with Gasteiger partial charge in [-0.05, 0) is 30.5 Å². The molecule has 2 unspecified atom stereocenters. The highest BCUT2D eigenvalue weighted by atomic mass is 32.2. The SMILES string of the molecule is CCC1CC1NS(=O)(=O)c1ccc(C#N)cc1N. The molecule has 1 saturated carbocycles. The summed E-state index contributed by atoms with van der Waals surface area (Å²) >= 11 is 0. The summed E-state index contributed by atoms with van der Waals surface area (Å²) in [6.45, 7) is 2.04. The summed E-state index contributed by atoms with van der Waals surface area (Å²) in [5, 5.41) is 8.71. The lowest BCUT2D eigenvalue weighted by Crippen LogP contribution is -2.27. The van der Waals surface area contributed by atoms with Gasteiger partial charge in [-0.25, -0.2) is 13.1 Å². The van der Waals surface area contributed by atoms with Crippen LogP contribution in [0, 0.1) is 17.2 Å². The molecule has 3 N–H and O–H groups in total. The monoisotopic (exact) mass is 265 g/mol. The maximum atomic E-state index is 12.1. The Morgan fingerprint density at radius 1 is 1.56 bits per heavy atom. The summed E-state index contributed by atoms with van der Waals surface area (Å²) in [5.41, 5.74) is 6.13. The van der Waals surface area contributed by atoms with E-state index in [1.165, 1.54) is 18.2 Å². The number of hydrogen-bond donors (Lipinski definition) is 2. The summed E-state index contributed by atoms with van der Waals surface area (Å²) in [6.07, 6.45) is 1.85. The number of nitrogen functional groups attached to an aromatic ring is 1. The molecule has 96 valence electrons. The van der Waals surface area contributed by atoms with Crippen LogP contribution in [-0.2, 0) is 10.0 Å². The van der Waals surface area contributed by atoms with Gasteiger partial charge in [-0.1, -0.05) is 13.3 Å². The molecule has 0 saturated heterocycles. The molecule has 1 aromatic carbocycles. The first-order valence-corrected chi connectivity index (χ1v) is 7.28. The molecule has 0 bridgehead atoms. The van der Waals surface area contributed by atoms with E-state index in [2.05, 4.69) is 4.72 Å². The summed E-state index contributed by atoms with van der Waals surface area (Å²) in [7, 11) is -3.58. The first-order valence-electron chi connectivity index (χ1n) is 5.80. The quantitative estimate of drug-likeness (QED) is 0.800. The molecule has 2 rings (SSSR count). The number of nitrogens with zero attached hydrogens (tertiary/aromatic N) is 1. The third-order valence-corrected chi connectivity index (χ3v) is 4.75. The van der Waals surface area contributed by atoms with E-state index < -0.39 is 10.0 Å². The fraction of sp³-hybridized carbons (Fsp3) is 0.417. The molecule has 1 fully saturated rings. The van der Waals surface area contributed by atoms with Crippen LogP contribution in [0.1, 0.15) is 25.3 Å². The van der Waals surface area contributed by atoms with Crippen LogP contribution < -0.4 is 10.5 Å². The van der Waals surface area contributed by atoms with Gasteiger partial charge in [0.15, 0.2) is 0 Å². The van der Waals surface area contributed by atoms with Gasteiger partial charge in [-0.15, -0.1) is 0 Å². The third-order valence-electron chi connectivity index (χ3n) is 3.18. The van der Waals surface area contributed by atoms with Crippen LogP contribution >= 0.6 is 0 Å². The first-order chi connectivity index (χ1) is 8.47. The molecule has 0 amide bonds. The second-order valence-electron chi connectivity index (χ2n) is 4.50. The van der Waals surface area contributed by atoms with Crippen molar-refractivity contribution in [2.45, 2.75) is 30.7 Å². The van der Waals surface area contributed by atoms with Crippen LogP contribution in [0.3, 0.4) is 0 Å². The van der Waals surface area contributed by atoms with E-state index in [-0.39, 0.29) is 16.6 Å². The summed E-state index contributed by atoms with van der Waals surface area (Å²) in [6, 6.07) is 6.15. The van der Waals surface area contributed by atoms with Crippen LogP contribution in [-0.4, -0.2) is 14.5 Å². The Morgan fingerprint density at radius 3 is 2.78 bits per heavy atom. The van der Waals surface area contributed by atoms with Gasteiger partial charge in [-0.3, -0.25) is 0 Å². The smallest absolute Gasteiger partial charge is 0.242 e. The molecule has 0 radical (unpaired) electrons. The lowest BCUT2D eigenvalue weighted by molar-refractivity contribution is 0.576. The van der Waals surface area contributed by atoms with Crippen molar-refractivity contribution in [3.63, 3.8) is 0 Å². The molecule has 0 aliphatic heterocycles. The van der Waals surface area contributed by atoms with Crippen molar-refractivity contribution >= 4 is 15.7 Å². The molecular weight excluding hydrogens is 250 g/mol. The molecule has 1 aliphatic carbocycles. The van der Waals surface area contributed by atoms with Gasteiger partial charge in [0.05, 0.1) is 17.3 Å². The number of nitriles is 1. The maximum absolute atomic E-state index is 12.1. The Kier molecular flexibility index (Phi) is 3.28. The zero-order valence-electron chi connectivity index (χ0n) is 10.1. The lowest BCUT2D eigenvalue weighted by Gasteiger charge is -2.08. The van der Waals surface area contributed by atoms with E-state index in [0.29, 0.717) is 11.5 Å². The highest BCUT2D eigenvalue weighted by Gasteiger charge is 2.38. The van der Waals surface area contributed by atoms with Crippen molar-refractivity contribution in [1.29, 1.82) is 5.26 Å². The molecule has 18 heavy (non-hydrogen) atoms. The Hall–Kier alpha value is -1.58. The van der Waals surface area contributed by atoms with Crippen LogP contribution in [0.5, 0.6) is 0 Å². The van der Waals surface area contributed by atoms with Crippen molar-refractivity contribution < 1.29 is 8.42 Å². The van der Waals surface area contributed by atoms with Gasteiger partial charge in [0.25, 0.3) is 0 Å². The predicted molar refractivity (Wildman–Crippen MR) is 68.1 cm³/mol. The lowest BCUT2D eigenvalue weighted by atomic mass is 10.2. The number of benzene rings is 1. The summed E-state index contributed by atoms with van der Waals surface area (Å²) in [4.78, 5) is 0.0447. The molecule has 2 atom stereocenters. The number of nitrogens with two attached hydrogens (primary N) is 1. The fourth-order valence-electron chi connectivity index (χ4n) is 1.97. The maximum Gasteiger partial charge on any atom is 0.242 e. The first kappa shape index (κ1) is 12.9. The minimum absolute atomic E-state index is 0.0232. The Bertz CT molecular complexity index is 604. The van der Waals surface area contributed by atoms with Gasteiger partial charge in [-0.2, -0.15) is 5.26 Å². The minimum atomic E-state index is -3.58. The van der Waals surface area contributed by atoms with Crippen LogP contribution in [0.2, 0.25) is 0 Å². The Labute approximate surface area is 107 Å². The fourth-order valence-corrected chi connectivity index (χ4v) is 3.40. The molecule has 5 nitrogen and oxygen atoms in total. The molecular formula is C12H15N3O2S. The van der Waals surface area contributed by atoms with Crippen LogP contribution in [0.4, 0.5) is 5.69 Å². The zero-order valence-corrected chi connectivity index (χ0v) is 10.9. The number of sulfonamides is 1. The second kappa shape index (κ2) is 4.59. The number of hydrogen-bond acceptors (Lipinski definition) is 4. The molecule has 0 heterocycles. The predicted octanol–water partition coefficient (Wildman–Crippen LogP) is 1.22. The van der Waals surface area contributed by atoms with E-state index in [4.69, 9.17) is 11.0 Å². The third kappa shape index (κ3) is 2.47. The zero-order chi connectivity index (χ0) is 13.3. The standard InChI is InChI=1S/C12H15N3O2S/c1-2-9-6-11(9)15-18(16,17)12-4-3-8(7-13)5-10(12)14/h3-5,9,11,15H,2,6,14H2,1H3. The van der Waals surface area contributed by atoms with E-state index in [1.807, 2.05) is 13.0 Å². The Morgan fingerprint density at radius 2 is 2.28 bits per heavy atom. The van der Waals surface area contributed by atoms with E-state index >= 15 is 0 Å². The highest BCUT2D eigenvalue weighted by Crippen LogP contribution is 2.34. The van der Waals surface area contributed by atoms with Crippen LogP contribution in [0.25, 0.3) is 0 Å². The van der Waals surface area contributed by atoms with Gasteiger partial charge in [0, 0.05) is 6.04 Å². The van der Waals surface area contributed by atoms with Crippen molar-refractivity contribution in [2.24, 2.45) is 5.92 Å². The average Bonchev–Trinajstić information content (AvgIpc) is 3.06.